The molecular weight excluding hydrogens is 441 g/mol. The normalized spacial score (nSPS) is 17.8. The zero-order valence-corrected chi connectivity index (χ0v) is 25.0. The molecule has 33 heavy (non-hydrogen) atoms. The molecule has 0 spiro atoms. The second-order valence-corrected chi connectivity index (χ2v) is 9.88. The maximum Gasteiger partial charge on any atom is 1.00 e. The minimum Gasteiger partial charge on any atom is -0.548 e. The van der Waals surface area contributed by atoms with Crippen LogP contribution in [0, 0.1) is 0 Å². The van der Waals surface area contributed by atoms with Crippen LogP contribution in [0.2, 0.25) is 0 Å². The van der Waals surface area contributed by atoms with Crippen LogP contribution >= 0.6 is 0 Å². The van der Waals surface area contributed by atoms with Crippen molar-refractivity contribution in [2.24, 2.45) is 0 Å². The average molecular weight is 492 g/mol. The molecule has 0 radical (unpaired) electrons. The number of rotatable bonds is 21. The minimum atomic E-state index is -1.26. The summed E-state index contributed by atoms with van der Waals surface area (Å²) in [4.78, 5) is 24.6. The second kappa shape index (κ2) is 23.0. The van der Waals surface area contributed by atoms with Crippen LogP contribution in [-0.2, 0) is 9.59 Å². The van der Waals surface area contributed by atoms with Crippen LogP contribution in [0.1, 0.15) is 142 Å². The van der Waals surface area contributed by atoms with Crippen molar-refractivity contribution in [1.82, 2.24) is 4.90 Å². The van der Waals surface area contributed by atoms with Gasteiger partial charge in [0.2, 0.25) is 5.91 Å². The van der Waals surface area contributed by atoms with Gasteiger partial charge >= 0.3 is 51.4 Å². The number of unbranched alkanes of at least 4 members (excludes halogenated alkanes) is 18. The standard InChI is InChI=1S/C27H51NO4.K/c1-2-3-4-5-6-7-8-9-10-11-12-13-14-15-16-17-18-19-20-21-26(30)28-23-24(29)22-25(28)27(31)32;/h24-25,29H,2-23H2,1H3,(H,31,32);/q;+1/p-1/t24-,25+;/m1./s1. The summed E-state index contributed by atoms with van der Waals surface area (Å²) < 4.78 is 0. The van der Waals surface area contributed by atoms with Crippen LogP contribution in [0.4, 0.5) is 0 Å². The Kier molecular flexibility index (Phi) is 23.3. The van der Waals surface area contributed by atoms with Crippen molar-refractivity contribution < 1.29 is 71.2 Å². The number of carboxylic acids is 1. The Labute approximate surface area is 246 Å². The molecule has 1 aliphatic heterocycles. The topological polar surface area (TPSA) is 80.7 Å². The fraction of sp³-hybridized carbons (Fsp3) is 0.926. The molecule has 5 nitrogen and oxygen atoms in total. The van der Waals surface area contributed by atoms with Crippen LogP contribution in [-0.4, -0.2) is 40.6 Å². The number of aliphatic hydroxyl groups is 1. The molecule has 0 aromatic rings. The van der Waals surface area contributed by atoms with Gasteiger partial charge in [-0.1, -0.05) is 122 Å². The summed E-state index contributed by atoms with van der Waals surface area (Å²) in [7, 11) is 0. The summed E-state index contributed by atoms with van der Waals surface area (Å²) in [6.07, 6.45) is 24.7. The molecule has 6 heteroatoms. The maximum atomic E-state index is 12.2. The van der Waals surface area contributed by atoms with Gasteiger partial charge in [0.1, 0.15) is 0 Å². The van der Waals surface area contributed by atoms with Gasteiger partial charge in [-0.15, -0.1) is 0 Å². The molecule has 0 aromatic carbocycles. The third-order valence-electron chi connectivity index (χ3n) is 6.87. The molecule has 188 valence electrons. The molecule has 1 fully saturated rings. The van der Waals surface area contributed by atoms with Gasteiger partial charge in [-0.05, 0) is 6.42 Å². The van der Waals surface area contributed by atoms with Crippen LogP contribution < -0.4 is 56.5 Å². The quantitative estimate of drug-likeness (QED) is 0.198. The smallest absolute Gasteiger partial charge is 0.548 e. The van der Waals surface area contributed by atoms with Crippen molar-refractivity contribution in [1.29, 1.82) is 0 Å². The Hall–Kier alpha value is 0.536. The number of hydrogen-bond donors (Lipinski definition) is 1. The molecule has 1 rings (SSSR count). The molecule has 1 saturated heterocycles. The van der Waals surface area contributed by atoms with Crippen molar-refractivity contribution in [3.05, 3.63) is 0 Å². The van der Waals surface area contributed by atoms with Crippen molar-refractivity contribution in [2.75, 3.05) is 6.54 Å². The summed E-state index contributed by atoms with van der Waals surface area (Å²) in [6.45, 7) is 2.40. The Bertz CT molecular complexity index is 489. The van der Waals surface area contributed by atoms with Crippen LogP contribution in [0.25, 0.3) is 0 Å². The largest absolute Gasteiger partial charge is 1.00 e. The van der Waals surface area contributed by atoms with E-state index in [0.29, 0.717) is 6.42 Å². The van der Waals surface area contributed by atoms with Gasteiger partial charge in [0, 0.05) is 19.4 Å². The summed E-state index contributed by atoms with van der Waals surface area (Å²) >= 11 is 0. The third-order valence-corrected chi connectivity index (χ3v) is 6.87. The van der Waals surface area contributed by atoms with E-state index in [1.165, 1.54) is 108 Å². The number of carbonyl (C=O) groups is 2. The Morgan fingerprint density at radius 2 is 1.09 bits per heavy atom. The Balaban J connectivity index is 0.0000102. The van der Waals surface area contributed by atoms with E-state index in [1.807, 2.05) is 0 Å². The van der Waals surface area contributed by atoms with E-state index < -0.39 is 18.1 Å². The van der Waals surface area contributed by atoms with Crippen molar-refractivity contribution in [2.45, 2.75) is 154 Å². The number of nitrogens with zero attached hydrogens (tertiary/aromatic N) is 1. The minimum absolute atomic E-state index is 0. The molecule has 0 aromatic heterocycles. The van der Waals surface area contributed by atoms with E-state index in [9.17, 15) is 19.8 Å². The SMILES string of the molecule is CCCCCCCCCCCCCCCCCCCCCC(=O)N1C[C@H](O)C[C@H]1C(=O)[O-].[K+]. The van der Waals surface area contributed by atoms with E-state index in [4.69, 9.17) is 0 Å². The summed E-state index contributed by atoms with van der Waals surface area (Å²) in [5.74, 6) is -1.43. The molecule has 1 N–H and O–H groups in total. The maximum absolute atomic E-state index is 12.2. The number of amides is 1. The number of aliphatic carboxylic acids is 1. The second-order valence-electron chi connectivity index (χ2n) is 9.88. The van der Waals surface area contributed by atoms with E-state index in [-0.39, 0.29) is 70.3 Å². The first kappa shape index (κ1) is 33.5. The summed E-state index contributed by atoms with van der Waals surface area (Å²) in [6, 6.07) is -0.960. The number of likely N-dealkylation sites (tertiary alicyclic amines) is 1. The molecular formula is C27H50KNO4. The van der Waals surface area contributed by atoms with Gasteiger partial charge in [0.25, 0.3) is 0 Å². The summed E-state index contributed by atoms with van der Waals surface area (Å²) in [5.41, 5.74) is 0. The van der Waals surface area contributed by atoms with Crippen LogP contribution in [0.3, 0.4) is 0 Å². The third kappa shape index (κ3) is 17.6. The number of aliphatic hydroxyl groups excluding tert-OH is 1. The van der Waals surface area contributed by atoms with Gasteiger partial charge in [0.15, 0.2) is 0 Å². The zero-order chi connectivity index (χ0) is 23.4. The Morgan fingerprint density at radius 3 is 1.45 bits per heavy atom. The monoisotopic (exact) mass is 491 g/mol. The average Bonchev–Trinajstić information content (AvgIpc) is 3.17. The van der Waals surface area contributed by atoms with Gasteiger partial charge in [-0.25, -0.2) is 0 Å². The fourth-order valence-electron chi connectivity index (χ4n) is 4.81. The molecule has 0 unspecified atom stereocenters. The molecule has 1 amide bonds. The van der Waals surface area contributed by atoms with E-state index in [2.05, 4.69) is 6.92 Å². The van der Waals surface area contributed by atoms with Gasteiger partial charge < -0.3 is 19.9 Å². The van der Waals surface area contributed by atoms with Gasteiger partial charge in [0.05, 0.1) is 18.1 Å². The van der Waals surface area contributed by atoms with Crippen molar-refractivity contribution >= 4 is 11.9 Å². The molecule has 1 heterocycles. The predicted molar refractivity (Wildman–Crippen MR) is 129 cm³/mol. The first-order valence-corrected chi connectivity index (χ1v) is 13.7. The van der Waals surface area contributed by atoms with E-state index in [0.717, 1.165) is 19.3 Å². The number of β-amino-alcohol motifs (C(OH)–C–C–N with tert-alkyl or cyclic N) is 1. The van der Waals surface area contributed by atoms with Crippen molar-refractivity contribution in [3.8, 4) is 0 Å². The van der Waals surface area contributed by atoms with E-state index >= 15 is 0 Å². The fourth-order valence-corrected chi connectivity index (χ4v) is 4.81. The Morgan fingerprint density at radius 1 is 0.727 bits per heavy atom. The van der Waals surface area contributed by atoms with Crippen LogP contribution in [0.5, 0.6) is 0 Å². The first-order valence-electron chi connectivity index (χ1n) is 13.7. The number of carbonyl (C=O) groups excluding carboxylic acids is 2. The first-order chi connectivity index (χ1) is 15.6. The molecule has 2 atom stereocenters. The van der Waals surface area contributed by atoms with Gasteiger partial charge in [-0.2, -0.15) is 0 Å². The van der Waals surface area contributed by atoms with Crippen molar-refractivity contribution in [3.63, 3.8) is 0 Å². The van der Waals surface area contributed by atoms with E-state index in [1.54, 1.807) is 0 Å². The molecule has 0 bridgehead atoms. The predicted octanol–water partition coefficient (Wildman–Crippen LogP) is 2.52. The van der Waals surface area contributed by atoms with Crippen LogP contribution in [0.15, 0.2) is 0 Å². The number of hydrogen-bond acceptors (Lipinski definition) is 4. The molecule has 1 aliphatic rings. The number of carboxylic acid groups (broad SMARTS) is 1. The molecule has 0 saturated carbocycles. The summed E-state index contributed by atoms with van der Waals surface area (Å²) in [5, 5.41) is 20.7. The molecule has 0 aliphatic carbocycles. The van der Waals surface area contributed by atoms with Gasteiger partial charge in [-0.3, -0.25) is 4.79 Å². The zero-order valence-electron chi connectivity index (χ0n) is 21.8.